The summed E-state index contributed by atoms with van der Waals surface area (Å²) < 4.78 is 5.13. The van der Waals surface area contributed by atoms with Crippen LogP contribution in [0, 0.1) is 18.3 Å². The molecule has 3 rings (SSSR count). The SMILES string of the molecule is Cc1cc(C2(C=O)COC2)ncc1NC(=O)c1cccc(C#N)c1. The first-order chi connectivity index (χ1) is 11.6. The zero-order valence-electron chi connectivity index (χ0n) is 13.1. The van der Waals surface area contributed by atoms with Gasteiger partial charge in [0, 0.05) is 5.56 Å². The van der Waals surface area contributed by atoms with Gasteiger partial charge in [0.15, 0.2) is 0 Å². The fourth-order valence-electron chi connectivity index (χ4n) is 2.48. The van der Waals surface area contributed by atoms with Crippen LogP contribution in [0.4, 0.5) is 5.69 Å². The topological polar surface area (TPSA) is 92.1 Å². The van der Waals surface area contributed by atoms with E-state index >= 15 is 0 Å². The summed E-state index contributed by atoms with van der Waals surface area (Å²) in [5.41, 5.74) is 2.16. The molecule has 6 heteroatoms. The lowest BCUT2D eigenvalue weighted by atomic mass is 9.83. The molecule has 1 saturated heterocycles. The Labute approximate surface area is 139 Å². The molecule has 6 nitrogen and oxygen atoms in total. The minimum Gasteiger partial charge on any atom is -0.378 e. The molecule has 1 aromatic carbocycles. The van der Waals surface area contributed by atoms with Gasteiger partial charge in [-0.1, -0.05) is 6.07 Å². The second-order valence-corrected chi connectivity index (χ2v) is 5.80. The third-order valence-corrected chi connectivity index (χ3v) is 4.07. The van der Waals surface area contributed by atoms with Crippen molar-refractivity contribution >= 4 is 17.9 Å². The molecule has 1 N–H and O–H groups in total. The molecule has 1 amide bonds. The highest BCUT2D eigenvalue weighted by Crippen LogP contribution is 2.30. The lowest BCUT2D eigenvalue weighted by Crippen LogP contribution is -2.48. The predicted octanol–water partition coefficient (Wildman–Crippen LogP) is 1.98. The maximum atomic E-state index is 12.3. The Kier molecular flexibility index (Phi) is 4.11. The highest BCUT2D eigenvalue weighted by atomic mass is 16.5. The molecule has 24 heavy (non-hydrogen) atoms. The molecule has 1 fully saturated rings. The van der Waals surface area contributed by atoms with Crippen molar-refractivity contribution in [2.45, 2.75) is 12.3 Å². The molecule has 0 radical (unpaired) electrons. The minimum atomic E-state index is -0.672. The van der Waals surface area contributed by atoms with Crippen LogP contribution in [0.25, 0.3) is 0 Å². The molecular formula is C18H15N3O3. The Morgan fingerprint density at radius 3 is 2.79 bits per heavy atom. The molecule has 2 aromatic rings. The molecule has 1 aliphatic rings. The van der Waals surface area contributed by atoms with Crippen LogP contribution in [0.3, 0.4) is 0 Å². The number of aromatic nitrogens is 1. The van der Waals surface area contributed by atoms with E-state index in [1.165, 1.54) is 6.07 Å². The lowest BCUT2D eigenvalue weighted by molar-refractivity contribution is -0.130. The number of rotatable bonds is 4. The fourth-order valence-corrected chi connectivity index (χ4v) is 2.48. The number of aldehydes is 1. The number of carbonyl (C=O) groups is 2. The third-order valence-electron chi connectivity index (χ3n) is 4.07. The van der Waals surface area contributed by atoms with Crippen molar-refractivity contribution in [2.24, 2.45) is 0 Å². The fraction of sp³-hybridized carbons (Fsp3) is 0.222. The summed E-state index contributed by atoms with van der Waals surface area (Å²) >= 11 is 0. The molecule has 120 valence electrons. The van der Waals surface area contributed by atoms with Crippen LogP contribution in [0.15, 0.2) is 36.5 Å². The Bertz CT molecular complexity index is 851. The molecule has 1 aromatic heterocycles. The summed E-state index contributed by atoms with van der Waals surface area (Å²) in [6.07, 6.45) is 2.41. The molecule has 1 aliphatic heterocycles. The van der Waals surface area contributed by atoms with E-state index in [0.717, 1.165) is 11.8 Å². The second-order valence-electron chi connectivity index (χ2n) is 5.80. The molecule has 0 unspecified atom stereocenters. The van der Waals surface area contributed by atoms with E-state index in [1.54, 1.807) is 30.5 Å². The Hall–Kier alpha value is -3.04. The first-order valence-electron chi connectivity index (χ1n) is 7.41. The van der Waals surface area contributed by atoms with Gasteiger partial charge in [-0.05, 0) is 36.8 Å². The summed E-state index contributed by atoms with van der Waals surface area (Å²) in [7, 11) is 0. The van der Waals surface area contributed by atoms with Gasteiger partial charge in [-0.15, -0.1) is 0 Å². The van der Waals surface area contributed by atoms with E-state index in [9.17, 15) is 9.59 Å². The van der Waals surface area contributed by atoms with Gasteiger partial charge in [-0.3, -0.25) is 9.78 Å². The van der Waals surface area contributed by atoms with Crippen molar-refractivity contribution in [2.75, 3.05) is 18.5 Å². The number of nitriles is 1. The number of hydrogen-bond acceptors (Lipinski definition) is 5. The number of nitrogens with one attached hydrogen (secondary N) is 1. The summed E-state index contributed by atoms with van der Waals surface area (Å²) in [5.74, 6) is -0.318. The molecule has 0 atom stereocenters. The average molecular weight is 321 g/mol. The van der Waals surface area contributed by atoms with Gasteiger partial charge in [-0.2, -0.15) is 5.26 Å². The predicted molar refractivity (Wildman–Crippen MR) is 86.6 cm³/mol. The highest BCUT2D eigenvalue weighted by Gasteiger charge is 2.41. The third kappa shape index (κ3) is 2.77. The van der Waals surface area contributed by atoms with E-state index < -0.39 is 5.41 Å². The Morgan fingerprint density at radius 1 is 1.42 bits per heavy atom. The number of nitrogens with zero attached hydrogens (tertiary/aromatic N) is 2. The van der Waals surface area contributed by atoms with E-state index in [1.807, 2.05) is 13.0 Å². The standard InChI is InChI=1S/C18H15N3O3/c1-12-5-16(18(9-22)10-24-11-18)20-8-15(12)21-17(23)14-4-2-3-13(6-14)7-19/h2-6,8-9H,10-11H2,1H3,(H,21,23). The monoisotopic (exact) mass is 321 g/mol. The molecule has 2 heterocycles. The first-order valence-corrected chi connectivity index (χ1v) is 7.41. The van der Waals surface area contributed by atoms with Gasteiger partial charge >= 0.3 is 0 Å². The lowest BCUT2D eigenvalue weighted by Gasteiger charge is -2.36. The Balaban J connectivity index is 1.82. The smallest absolute Gasteiger partial charge is 0.255 e. The summed E-state index contributed by atoms with van der Waals surface area (Å²) in [5, 5.41) is 11.7. The minimum absolute atomic E-state index is 0.318. The van der Waals surface area contributed by atoms with Crippen LogP contribution >= 0.6 is 0 Å². The van der Waals surface area contributed by atoms with Crippen LogP contribution in [-0.2, 0) is 14.9 Å². The Morgan fingerprint density at radius 2 is 2.21 bits per heavy atom. The molecule has 0 saturated carbocycles. The zero-order chi connectivity index (χ0) is 17.2. The molecule has 0 aliphatic carbocycles. The normalized spacial score (nSPS) is 15.0. The van der Waals surface area contributed by atoms with Crippen LogP contribution in [-0.4, -0.2) is 30.4 Å². The zero-order valence-corrected chi connectivity index (χ0v) is 13.1. The van der Waals surface area contributed by atoms with Crippen LogP contribution in [0.5, 0.6) is 0 Å². The van der Waals surface area contributed by atoms with Gasteiger partial charge in [0.1, 0.15) is 11.7 Å². The number of benzene rings is 1. The number of pyridine rings is 1. The quantitative estimate of drug-likeness (QED) is 0.869. The van der Waals surface area contributed by atoms with Gasteiger partial charge in [0.05, 0.1) is 42.4 Å². The van der Waals surface area contributed by atoms with Crippen LogP contribution in [0.1, 0.15) is 27.2 Å². The molecule has 0 bridgehead atoms. The van der Waals surface area contributed by atoms with Crippen molar-refractivity contribution in [3.8, 4) is 6.07 Å². The van der Waals surface area contributed by atoms with Crippen molar-refractivity contribution in [1.82, 2.24) is 4.98 Å². The van der Waals surface area contributed by atoms with Crippen molar-refractivity contribution < 1.29 is 14.3 Å². The van der Waals surface area contributed by atoms with Crippen molar-refractivity contribution in [3.05, 3.63) is 58.9 Å². The number of carbonyl (C=O) groups excluding carboxylic acids is 2. The van der Waals surface area contributed by atoms with E-state index in [2.05, 4.69) is 10.3 Å². The largest absolute Gasteiger partial charge is 0.378 e. The maximum absolute atomic E-state index is 12.3. The molecule has 0 spiro atoms. The first kappa shape index (κ1) is 15.8. The number of hydrogen-bond donors (Lipinski definition) is 1. The van der Waals surface area contributed by atoms with Crippen LogP contribution in [0.2, 0.25) is 0 Å². The summed E-state index contributed by atoms with van der Waals surface area (Å²) in [6, 6.07) is 10.3. The number of anilines is 1. The van der Waals surface area contributed by atoms with Gasteiger partial charge in [0.2, 0.25) is 0 Å². The summed E-state index contributed by atoms with van der Waals surface area (Å²) in [4.78, 5) is 27.9. The van der Waals surface area contributed by atoms with Gasteiger partial charge in [-0.25, -0.2) is 0 Å². The summed E-state index contributed by atoms with van der Waals surface area (Å²) in [6.45, 7) is 2.50. The van der Waals surface area contributed by atoms with E-state index in [-0.39, 0.29) is 5.91 Å². The second kappa shape index (κ2) is 6.22. The van der Waals surface area contributed by atoms with Crippen LogP contribution < -0.4 is 5.32 Å². The van der Waals surface area contributed by atoms with Gasteiger partial charge in [0.25, 0.3) is 5.91 Å². The number of ether oxygens (including phenoxy) is 1. The van der Waals surface area contributed by atoms with Gasteiger partial charge < -0.3 is 14.8 Å². The van der Waals surface area contributed by atoms with E-state index in [0.29, 0.717) is 35.7 Å². The average Bonchev–Trinajstić information content (AvgIpc) is 2.56. The number of amides is 1. The van der Waals surface area contributed by atoms with Crippen molar-refractivity contribution in [3.63, 3.8) is 0 Å². The maximum Gasteiger partial charge on any atom is 0.255 e. The van der Waals surface area contributed by atoms with E-state index in [4.69, 9.17) is 10.00 Å². The number of aryl methyl sites for hydroxylation is 1. The molecular weight excluding hydrogens is 306 g/mol. The van der Waals surface area contributed by atoms with Crippen molar-refractivity contribution in [1.29, 1.82) is 5.26 Å². The highest BCUT2D eigenvalue weighted by molar-refractivity contribution is 6.04.